The van der Waals surface area contributed by atoms with Gasteiger partial charge in [-0.05, 0) is 42.5 Å². The molecule has 1 amide bonds. The topological polar surface area (TPSA) is 56.2 Å². The molecule has 1 heterocycles. The molecule has 24 heavy (non-hydrogen) atoms. The Morgan fingerprint density at radius 2 is 1.92 bits per heavy atom. The Morgan fingerprint density at radius 1 is 1.17 bits per heavy atom. The summed E-state index contributed by atoms with van der Waals surface area (Å²) in [7, 11) is 0. The van der Waals surface area contributed by atoms with Crippen LogP contribution in [-0.2, 0) is 6.73 Å². The second-order valence-corrected chi connectivity index (χ2v) is 5.34. The first kappa shape index (κ1) is 16.0. The van der Waals surface area contributed by atoms with E-state index in [1.54, 1.807) is 48.7 Å². The van der Waals surface area contributed by atoms with Gasteiger partial charge in [-0.15, -0.1) is 0 Å². The summed E-state index contributed by atoms with van der Waals surface area (Å²) in [4.78, 5) is 12.1. The van der Waals surface area contributed by atoms with E-state index in [2.05, 4.69) is 10.4 Å². The highest BCUT2D eigenvalue weighted by Crippen LogP contribution is 2.16. The highest BCUT2D eigenvalue weighted by atomic mass is 35.5. The molecule has 3 aromatic rings. The number of halogens is 2. The van der Waals surface area contributed by atoms with Crippen LogP contribution < -0.4 is 10.1 Å². The molecule has 2 aromatic carbocycles. The van der Waals surface area contributed by atoms with E-state index in [4.69, 9.17) is 16.3 Å². The molecule has 0 saturated heterocycles. The lowest BCUT2D eigenvalue weighted by Gasteiger charge is -2.06. The predicted octanol–water partition coefficient (Wildman–Crippen LogP) is 3.96. The molecule has 0 spiro atoms. The summed E-state index contributed by atoms with van der Waals surface area (Å²) < 4.78 is 20.2. The van der Waals surface area contributed by atoms with Crippen molar-refractivity contribution >= 4 is 23.2 Å². The summed E-state index contributed by atoms with van der Waals surface area (Å²) in [5, 5.41) is 7.39. The van der Waals surface area contributed by atoms with Crippen LogP contribution in [0, 0.1) is 5.82 Å². The Labute approximate surface area is 142 Å². The van der Waals surface area contributed by atoms with E-state index < -0.39 is 5.82 Å². The lowest BCUT2D eigenvalue weighted by molar-refractivity contribution is 0.102. The molecular weight excluding hydrogens is 333 g/mol. The van der Waals surface area contributed by atoms with Gasteiger partial charge in [0.1, 0.15) is 0 Å². The SMILES string of the molecule is O=C(Nc1ccc(Cl)cc1)c1ccn(COc2ccccc2F)n1. The predicted molar refractivity (Wildman–Crippen MR) is 88.7 cm³/mol. The van der Waals surface area contributed by atoms with Gasteiger partial charge in [-0.2, -0.15) is 5.10 Å². The minimum atomic E-state index is -0.453. The van der Waals surface area contributed by atoms with Crippen LogP contribution in [0.15, 0.2) is 60.8 Å². The first-order chi connectivity index (χ1) is 11.6. The second kappa shape index (κ2) is 7.14. The molecule has 7 heteroatoms. The lowest BCUT2D eigenvalue weighted by atomic mass is 10.3. The van der Waals surface area contributed by atoms with Crippen LogP contribution in [0.4, 0.5) is 10.1 Å². The number of carbonyl (C=O) groups excluding carboxylic acids is 1. The van der Waals surface area contributed by atoms with Gasteiger partial charge in [0, 0.05) is 16.9 Å². The second-order valence-electron chi connectivity index (χ2n) is 4.91. The number of ether oxygens (including phenoxy) is 1. The first-order valence-corrected chi connectivity index (χ1v) is 7.47. The molecule has 0 atom stereocenters. The smallest absolute Gasteiger partial charge is 0.276 e. The Balaban J connectivity index is 1.61. The third-order valence-corrected chi connectivity index (χ3v) is 3.42. The van der Waals surface area contributed by atoms with E-state index in [9.17, 15) is 9.18 Å². The van der Waals surface area contributed by atoms with Gasteiger partial charge in [-0.3, -0.25) is 4.79 Å². The van der Waals surface area contributed by atoms with Gasteiger partial charge in [-0.25, -0.2) is 9.07 Å². The van der Waals surface area contributed by atoms with Gasteiger partial charge in [0.25, 0.3) is 5.91 Å². The maximum atomic E-state index is 13.5. The quantitative estimate of drug-likeness (QED) is 0.761. The van der Waals surface area contributed by atoms with Gasteiger partial charge in [-0.1, -0.05) is 23.7 Å². The number of anilines is 1. The largest absolute Gasteiger partial charge is 0.468 e. The standard InChI is InChI=1S/C17H13ClFN3O2/c18-12-5-7-13(8-6-12)20-17(23)15-9-10-22(21-15)11-24-16-4-2-1-3-14(16)19/h1-10H,11H2,(H,20,23). The summed E-state index contributed by atoms with van der Waals surface area (Å²) in [6.45, 7) is -0.00480. The molecule has 0 saturated carbocycles. The van der Waals surface area contributed by atoms with Crippen LogP contribution in [-0.4, -0.2) is 15.7 Å². The highest BCUT2D eigenvalue weighted by molar-refractivity contribution is 6.30. The Hall–Kier alpha value is -2.86. The molecule has 0 unspecified atom stereocenters. The summed E-state index contributed by atoms with van der Waals surface area (Å²) in [5.74, 6) is -0.688. The lowest BCUT2D eigenvalue weighted by Crippen LogP contribution is -2.14. The van der Waals surface area contributed by atoms with Crippen LogP contribution in [0.25, 0.3) is 0 Å². The van der Waals surface area contributed by atoms with E-state index >= 15 is 0 Å². The zero-order valence-corrected chi connectivity index (χ0v) is 13.2. The molecular formula is C17H13ClFN3O2. The molecule has 0 bridgehead atoms. The fourth-order valence-corrected chi connectivity index (χ4v) is 2.11. The molecule has 122 valence electrons. The van der Waals surface area contributed by atoms with E-state index in [0.717, 1.165) is 0 Å². The third-order valence-electron chi connectivity index (χ3n) is 3.16. The van der Waals surface area contributed by atoms with Crippen molar-refractivity contribution in [1.29, 1.82) is 0 Å². The van der Waals surface area contributed by atoms with Crippen molar-refractivity contribution in [3.05, 3.63) is 77.3 Å². The molecule has 1 aromatic heterocycles. The number of hydrogen-bond acceptors (Lipinski definition) is 3. The van der Waals surface area contributed by atoms with Crippen molar-refractivity contribution in [3.8, 4) is 5.75 Å². The molecule has 0 aliphatic rings. The molecule has 0 aliphatic carbocycles. The minimum absolute atomic E-state index is 0.00480. The average molecular weight is 346 g/mol. The third kappa shape index (κ3) is 3.91. The molecule has 5 nitrogen and oxygen atoms in total. The van der Waals surface area contributed by atoms with E-state index in [1.807, 2.05) is 0 Å². The monoisotopic (exact) mass is 345 g/mol. The number of benzene rings is 2. The van der Waals surface area contributed by atoms with E-state index in [0.29, 0.717) is 10.7 Å². The average Bonchev–Trinajstić information content (AvgIpc) is 3.05. The van der Waals surface area contributed by atoms with Gasteiger partial charge in [0.05, 0.1) is 0 Å². The van der Waals surface area contributed by atoms with Gasteiger partial charge >= 0.3 is 0 Å². The highest BCUT2D eigenvalue weighted by Gasteiger charge is 2.10. The number of nitrogens with one attached hydrogen (secondary N) is 1. The van der Waals surface area contributed by atoms with Crippen LogP contribution in [0.2, 0.25) is 5.02 Å². The molecule has 0 fully saturated rings. The molecule has 1 N–H and O–H groups in total. The van der Waals surface area contributed by atoms with Crippen LogP contribution >= 0.6 is 11.6 Å². The summed E-state index contributed by atoms with van der Waals surface area (Å²) in [6.07, 6.45) is 1.58. The van der Waals surface area contributed by atoms with Crippen LogP contribution in [0.5, 0.6) is 5.75 Å². The normalized spacial score (nSPS) is 10.4. The van der Waals surface area contributed by atoms with Crippen molar-refractivity contribution in [1.82, 2.24) is 9.78 Å². The van der Waals surface area contributed by atoms with Gasteiger partial charge < -0.3 is 10.1 Å². The Morgan fingerprint density at radius 3 is 2.67 bits per heavy atom. The Bertz CT molecular complexity index is 849. The van der Waals surface area contributed by atoms with Crippen molar-refractivity contribution in [2.75, 3.05) is 5.32 Å². The number of rotatable bonds is 5. The fourth-order valence-electron chi connectivity index (χ4n) is 1.98. The Kier molecular flexibility index (Phi) is 4.77. The zero-order chi connectivity index (χ0) is 16.9. The fraction of sp³-hybridized carbons (Fsp3) is 0.0588. The number of amides is 1. The zero-order valence-electron chi connectivity index (χ0n) is 12.4. The summed E-state index contributed by atoms with van der Waals surface area (Å²) in [6, 6.07) is 14.4. The first-order valence-electron chi connectivity index (χ1n) is 7.09. The van der Waals surface area contributed by atoms with Crippen LogP contribution in [0.1, 0.15) is 10.5 Å². The number of nitrogens with zero attached hydrogens (tertiary/aromatic N) is 2. The number of para-hydroxylation sites is 1. The van der Waals surface area contributed by atoms with Crippen molar-refractivity contribution in [3.63, 3.8) is 0 Å². The van der Waals surface area contributed by atoms with E-state index in [-0.39, 0.29) is 24.1 Å². The molecule has 3 rings (SSSR count). The number of carbonyl (C=O) groups is 1. The number of hydrogen-bond donors (Lipinski definition) is 1. The van der Waals surface area contributed by atoms with Gasteiger partial charge in [0.2, 0.25) is 0 Å². The van der Waals surface area contributed by atoms with Crippen molar-refractivity contribution in [2.45, 2.75) is 6.73 Å². The minimum Gasteiger partial charge on any atom is -0.468 e. The summed E-state index contributed by atoms with van der Waals surface area (Å²) >= 11 is 5.80. The molecule has 0 aliphatic heterocycles. The molecule has 0 radical (unpaired) electrons. The number of aromatic nitrogens is 2. The van der Waals surface area contributed by atoms with Crippen LogP contribution in [0.3, 0.4) is 0 Å². The van der Waals surface area contributed by atoms with E-state index in [1.165, 1.54) is 16.8 Å². The van der Waals surface area contributed by atoms with Gasteiger partial charge in [0.15, 0.2) is 24.0 Å². The maximum Gasteiger partial charge on any atom is 0.276 e. The summed E-state index contributed by atoms with van der Waals surface area (Å²) in [5.41, 5.74) is 0.837. The maximum absolute atomic E-state index is 13.5. The van der Waals surface area contributed by atoms with Crippen molar-refractivity contribution < 1.29 is 13.9 Å². The van der Waals surface area contributed by atoms with Crippen molar-refractivity contribution in [2.24, 2.45) is 0 Å².